The van der Waals surface area contributed by atoms with E-state index in [2.05, 4.69) is 65.0 Å². The largest absolute Gasteiger partial charge is 0.0908 e. The first-order chi connectivity index (χ1) is 6.47. The van der Waals surface area contributed by atoms with Gasteiger partial charge in [-0.25, -0.2) is 0 Å². The Morgan fingerprint density at radius 3 is 2.21 bits per heavy atom. The summed E-state index contributed by atoms with van der Waals surface area (Å²) in [6, 6.07) is 6.72. The zero-order valence-electron chi connectivity index (χ0n) is 9.89. The monoisotopic (exact) mass is 188 g/mol. The average Bonchev–Trinajstić information content (AvgIpc) is 2.09. The smallest absolute Gasteiger partial charge is 0.00753 e. The maximum atomic E-state index is 2.29. The molecular formula is C14H20. The van der Waals surface area contributed by atoms with Gasteiger partial charge >= 0.3 is 0 Å². The van der Waals surface area contributed by atoms with E-state index in [0.29, 0.717) is 0 Å². The van der Waals surface area contributed by atoms with Crippen molar-refractivity contribution in [3.63, 3.8) is 0 Å². The molecule has 0 aliphatic rings. The van der Waals surface area contributed by atoms with Gasteiger partial charge in [0.15, 0.2) is 0 Å². The Bertz CT molecular complexity index is 343. The highest BCUT2D eigenvalue weighted by atomic mass is 14.2. The molecule has 0 aromatic heterocycles. The molecule has 0 fully saturated rings. The van der Waals surface area contributed by atoms with E-state index in [-0.39, 0.29) is 5.41 Å². The van der Waals surface area contributed by atoms with Crippen LogP contribution >= 0.6 is 0 Å². The Balaban J connectivity index is 3.14. The second kappa shape index (κ2) is 4.00. The van der Waals surface area contributed by atoms with Crippen LogP contribution in [0.3, 0.4) is 0 Å². The summed E-state index contributed by atoms with van der Waals surface area (Å²) in [6.45, 7) is 10.9. The molecule has 0 aliphatic carbocycles. The van der Waals surface area contributed by atoms with Gasteiger partial charge in [-0.15, -0.1) is 0 Å². The van der Waals surface area contributed by atoms with Gasteiger partial charge in [-0.3, -0.25) is 0 Å². The highest BCUT2D eigenvalue weighted by Gasteiger charge is 2.16. The topological polar surface area (TPSA) is 0 Å². The van der Waals surface area contributed by atoms with Crippen LogP contribution in [0.2, 0.25) is 0 Å². The Morgan fingerprint density at radius 1 is 1.07 bits per heavy atom. The molecule has 0 spiro atoms. The fourth-order valence-corrected chi connectivity index (χ4v) is 1.66. The van der Waals surface area contributed by atoms with Crippen molar-refractivity contribution in [1.29, 1.82) is 0 Å². The molecule has 1 rings (SSSR count). The second-order valence-electron chi connectivity index (χ2n) is 4.52. The molecule has 0 N–H and O–H groups in total. The number of aryl methyl sites for hydroxylation is 2. The standard InChI is InChI=1S/C14H20/c1-6-9-14(4,5)13-8-7-11(2)12(3)10-13/h6-10H,1-5H3/b9-6+. The van der Waals surface area contributed by atoms with Crippen LogP contribution in [0.5, 0.6) is 0 Å². The summed E-state index contributed by atoms with van der Waals surface area (Å²) in [5.74, 6) is 0. The van der Waals surface area contributed by atoms with E-state index in [1.165, 1.54) is 16.7 Å². The van der Waals surface area contributed by atoms with Crippen LogP contribution in [-0.2, 0) is 5.41 Å². The van der Waals surface area contributed by atoms with Crippen molar-refractivity contribution in [2.24, 2.45) is 0 Å². The van der Waals surface area contributed by atoms with E-state index in [0.717, 1.165) is 0 Å². The van der Waals surface area contributed by atoms with E-state index in [1.54, 1.807) is 0 Å². The third kappa shape index (κ3) is 2.25. The summed E-state index contributed by atoms with van der Waals surface area (Å²) in [5, 5.41) is 0. The molecule has 1 aromatic rings. The molecule has 0 radical (unpaired) electrons. The van der Waals surface area contributed by atoms with Crippen molar-refractivity contribution in [3.05, 3.63) is 47.0 Å². The number of allylic oxidation sites excluding steroid dienone is 2. The highest BCUT2D eigenvalue weighted by Crippen LogP contribution is 2.26. The van der Waals surface area contributed by atoms with Crippen LogP contribution in [0.25, 0.3) is 0 Å². The molecule has 0 bridgehead atoms. The number of hydrogen-bond acceptors (Lipinski definition) is 0. The summed E-state index contributed by atoms with van der Waals surface area (Å²) in [4.78, 5) is 0. The lowest BCUT2D eigenvalue weighted by Gasteiger charge is -2.21. The zero-order valence-corrected chi connectivity index (χ0v) is 9.89. The van der Waals surface area contributed by atoms with Crippen LogP contribution < -0.4 is 0 Å². The second-order valence-corrected chi connectivity index (χ2v) is 4.52. The SMILES string of the molecule is C/C=C/C(C)(C)c1ccc(C)c(C)c1. The molecule has 0 atom stereocenters. The van der Waals surface area contributed by atoms with E-state index >= 15 is 0 Å². The summed E-state index contributed by atoms with van der Waals surface area (Å²) in [6.07, 6.45) is 4.37. The van der Waals surface area contributed by atoms with Gasteiger partial charge in [0.1, 0.15) is 0 Å². The fraction of sp³-hybridized carbons (Fsp3) is 0.429. The molecule has 0 heteroatoms. The molecule has 0 aliphatic heterocycles. The summed E-state index contributed by atoms with van der Waals surface area (Å²) >= 11 is 0. The van der Waals surface area contributed by atoms with Gasteiger partial charge < -0.3 is 0 Å². The molecule has 0 amide bonds. The fourth-order valence-electron chi connectivity index (χ4n) is 1.66. The molecule has 0 unspecified atom stereocenters. The highest BCUT2D eigenvalue weighted by molar-refractivity contribution is 5.36. The van der Waals surface area contributed by atoms with Crippen LogP contribution in [0.1, 0.15) is 37.5 Å². The van der Waals surface area contributed by atoms with Gasteiger partial charge in [-0.1, -0.05) is 44.2 Å². The van der Waals surface area contributed by atoms with Crippen molar-refractivity contribution in [2.75, 3.05) is 0 Å². The van der Waals surface area contributed by atoms with Gasteiger partial charge in [0.25, 0.3) is 0 Å². The maximum Gasteiger partial charge on any atom is 0.00753 e. The van der Waals surface area contributed by atoms with Crippen LogP contribution in [0.15, 0.2) is 30.4 Å². The lowest BCUT2D eigenvalue weighted by molar-refractivity contribution is 0.668. The first-order valence-electron chi connectivity index (χ1n) is 5.19. The molecule has 0 saturated heterocycles. The van der Waals surface area contributed by atoms with Crippen LogP contribution in [0, 0.1) is 13.8 Å². The van der Waals surface area contributed by atoms with E-state index in [4.69, 9.17) is 0 Å². The quantitative estimate of drug-likeness (QED) is 0.611. The maximum absolute atomic E-state index is 2.29. The Labute approximate surface area is 87.7 Å². The van der Waals surface area contributed by atoms with Gasteiger partial charge in [0.05, 0.1) is 0 Å². The average molecular weight is 188 g/mol. The van der Waals surface area contributed by atoms with E-state index < -0.39 is 0 Å². The van der Waals surface area contributed by atoms with E-state index in [1.807, 2.05) is 0 Å². The third-order valence-electron chi connectivity index (χ3n) is 2.83. The summed E-state index contributed by atoms with van der Waals surface area (Å²) in [7, 11) is 0. The van der Waals surface area contributed by atoms with Gasteiger partial charge in [0.2, 0.25) is 0 Å². The van der Waals surface area contributed by atoms with E-state index in [9.17, 15) is 0 Å². The van der Waals surface area contributed by atoms with Crippen LogP contribution in [0.4, 0.5) is 0 Å². The molecule has 0 nitrogen and oxygen atoms in total. The Hall–Kier alpha value is -1.04. The predicted octanol–water partition coefficient (Wildman–Crippen LogP) is 4.16. The lowest BCUT2D eigenvalue weighted by atomic mass is 9.83. The minimum absolute atomic E-state index is 0.146. The van der Waals surface area contributed by atoms with Crippen molar-refractivity contribution in [1.82, 2.24) is 0 Å². The van der Waals surface area contributed by atoms with Crippen molar-refractivity contribution in [3.8, 4) is 0 Å². The first-order valence-corrected chi connectivity index (χ1v) is 5.19. The number of rotatable bonds is 2. The molecular weight excluding hydrogens is 168 g/mol. The van der Waals surface area contributed by atoms with Crippen molar-refractivity contribution >= 4 is 0 Å². The number of benzene rings is 1. The molecule has 0 heterocycles. The Kier molecular flexibility index (Phi) is 3.15. The summed E-state index contributed by atoms with van der Waals surface area (Å²) < 4.78 is 0. The van der Waals surface area contributed by atoms with Crippen molar-refractivity contribution < 1.29 is 0 Å². The third-order valence-corrected chi connectivity index (χ3v) is 2.83. The number of hydrogen-bond donors (Lipinski definition) is 0. The van der Waals surface area contributed by atoms with Crippen LogP contribution in [-0.4, -0.2) is 0 Å². The van der Waals surface area contributed by atoms with Gasteiger partial charge in [-0.05, 0) is 37.5 Å². The zero-order chi connectivity index (χ0) is 10.8. The molecule has 0 saturated carbocycles. The normalized spacial score (nSPS) is 12.4. The summed E-state index contributed by atoms with van der Waals surface area (Å²) in [5.41, 5.74) is 4.27. The minimum atomic E-state index is 0.146. The van der Waals surface area contributed by atoms with Crippen molar-refractivity contribution in [2.45, 2.75) is 40.0 Å². The molecule has 14 heavy (non-hydrogen) atoms. The lowest BCUT2D eigenvalue weighted by Crippen LogP contribution is -2.13. The molecule has 1 aromatic carbocycles. The Morgan fingerprint density at radius 2 is 1.71 bits per heavy atom. The predicted molar refractivity (Wildman–Crippen MR) is 63.8 cm³/mol. The van der Waals surface area contributed by atoms with Gasteiger partial charge in [-0.2, -0.15) is 0 Å². The minimum Gasteiger partial charge on any atom is -0.0908 e. The molecule has 76 valence electrons. The first kappa shape index (κ1) is 11.0. The van der Waals surface area contributed by atoms with Gasteiger partial charge in [0, 0.05) is 5.41 Å².